The predicted molar refractivity (Wildman–Crippen MR) is 65.8 cm³/mol. The largest absolute Gasteiger partial charge is 0 e. The van der Waals surface area contributed by atoms with Gasteiger partial charge in [-0.2, -0.15) is 0 Å². The van der Waals surface area contributed by atoms with Crippen molar-refractivity contribution in [3.63, 3.8) is 0 Å². The Balaban J connectivity index is -0.0000000589. The average molecular weight is 588 g/mol. The van der Waals surface area contributed by atoms with E-state index in [9.17, 15) is 0 Å². The van der Waals surface area contributed by atoms with Gasteiger partial charge in [0.25, 0.3) is 0 Å². The van der Waals surface area contributed by atoms with Crippen LogP contribution < -0.4 is 34.0 Å². The fourth-order valence-corrected chi connectivity index (χ4v) is 0.853. The Morgan fingerprint density at radius 2 is 0.857 bits per heavy atom. The predicted octanol–water partition coefficient (Wildman–Crippen LogP) is -3.29. The van der Waals surface area contributed by atoms with Crippen molar-refractivity contribution in [1.82, 2.24) is 9.97 Å². The Bertz CT molecular complexity index is 396. The summed E-state index contributed by atoms with van der Waals surface area (Å²) in [6.07, 6.45) is 7.15. The van der Waals surface area contributed by atoms with Gasteiger partial charge < -0.3 is 34.0 Å². The second-order valence-corrected chi connectivity index (χ2v) is 3.05. The van der Waals surface area contributed by atoms with Crippen LogP contribution in [0.25, 0.3) is 0 Å². The van der Waals surface area contributed by atoms with Gasteiger partial charge in [0.15, 0.2) is 0 Å². The van der Waals surface area contributed by atoms with E-state index in [1.54, 1.807) is 24.8 Å². The zero-order valence-corrected chi connectivity index (χ0v) is 17.4. The van der Waals surface area contributed by atoms with Crippen molar-refractivity contribution in [2.75, 3.05) is 0 Å². The third-order valence-corrected chi connectivity index (χ3v) is 1.69. The van der Waals surface area contributed by atoms with Crippen molar-refractivity contribution in [2.24, 2.45) is 0 Å². The summed E-state index contributed by atoms with van der Waals surface area (Å²) in [6, 6.07) is 7.89. The summed E-state index contributed by atoms with van der Waals surface area (Å²) in [6.45, 7) is 13.1. The minimum atomic E-state index is 0. The molecule has 2 heterocycles. The molecule has 2 rings (SSSR count). The van der Waals surface area contributed by atoms with Gasteiger partial charge in [0, 0.05) is 45.2 Å². The van der Waals surface area contributed by atoms with Crippen LogP contribution in [0.15, 0.2) is 49.1 Å². The first kappa shape index (κ1) is 32.4. The summed E-state index contributed by atoms with van der Waals surface area (Å²) in [5.41, 5.74) is 2.52. The molecule has 0 N–H and O–H groups in total. The number of halogens is 2. The van der Waals surface area contributed by atoms with Crippen LogP contribution in [0.4, 0.5) is 0 Å². The van der Waals surface area contributed by atoms with E-state index >= 15 is 0 Å². The molecule has 0 bridgehead atoms. The number of nitrogens with zero attached hydrogens (tertiary/aromatic N) is 2. The molecule has 21 heavy (non-hydrogen) atoms. The number of hydrogen-bond acceptors (Lipinski definition) is 2. The van der Waals surface area contributed by atoms with E-state index in [2.05, 4.69) is 23.3 Å². The van der Waals surface area contributed by atoms with Crippen molar-refractivity contribution in [3.05, 3.63) is 73.5 Å². The van der Waals surface area contributed by atoms with Gasteiger partial charge in [0.05, 0.1) is 0 Å². The van der Waals surface area contributed by atoms with E-state index in [4.69, 9.17) is 9.30 Å². The SMILES string of the molecule is Cc1ccncc1.Cc1ccncc1.[Br-].[Br-].[C-]#[O+].[C-]#[O+].[Re]. The molecule has 4 nitrogen and oxygen atoms in total. The second kappa shape index (κ2) is 27.7. The molecule has 0 atom stereocenters. The fourth-order valence-electron chi connectivity index (χ4n) is 0.853. The Kier molecular flexibility index (Phi) is 42.7. The summed E-state index contributed by atoms with van der Waals surface area (Å²) in [5, 5.41) is 0. The van der Waals surface area contributed by atoms with Crippen LogP contribution >= 0.6 is 0 Å². The smallest absolute Gasteiger partial charge is 0 e. The molecule has 0 spiro atoms. The van der Waals surface area contributed by atoms with E-state index in [1.165, 1.54) is 11.1 Å². The van der Waals surface area contributed by atoms with Gasteiger partial charge in [-0.3, -0.25) is 9.97 Å². The maximum Gasteiger partial charge on any atom is 0 e. The second-order valence-electron chi connectivity index (χ2n) is 3.05. The molecule has 0 aliphatic heterocycles. The van der Waals surface area contributed by atoms with Crippen LogP contribution in [0.5, 0.6) is 0 Å². The Morgan fingerprint density at radius 3 is 0.952 bits per heavy atom. The van der Waals surface area contributed by atoms with Gasteiger partial charge in [0.2, 0.25) is 0 Å². The third-order valence-electron chi connectivity index (χ3n) is 1.69. The maximum absolute atomic E-state index is 7.50. The first-order valence-electron chi connectivity index (χ1n) is 4.93. The molecule has 0 unspecified atom stereocenters. The van der Waals surface area contributed by atoms with Crippen LogP contribution in [0.2, 0.25) is 0 Å². The summed E-state index contributed by atoms with van der Waals surface area (Å²) < 4.78 is 15.0. The van der Waals surface area contributed by atoms with E-state index in [1.807, 2.05) is 38.1 Å². The van der Waals surface area contributed by atoms with Gasteiger partial charge >= 0.3 is 22.6 Å². The summed E-state index contributed by atoms with van der Waals surface area (Å²) in [7, 11) is 0. The molecule has 2 aromatic heterocycles. The van der Waals surface area contributed by atoms with Gasteiger partial charge in [-0.25, -0.2) is 0 Å². The van der Waals surface area contributed by atoms with E-state index in [0.29, 0.717) is 0 Å². The molecule has 0 aliphatic carbocycles. The zero-order valence-electron chi connectivity index (χ0n) is 11.5. The molecule has 0 aromatic carbocycles. The summed E-state index contributed by atoms with van der Waals surface area (Å²) >= 11 is 0. The van der Waals surface area contributed by atoms with Crippen LogP contribution in [-0.2, 0) is 29.7 Å². The van der Waals surface area contributed by atoms with Crippen molar-refractivity contribution >= 4 is 0 Å². The molecular weight excluding hydrogens is 574 g/mol. The molecule has 2 aromatic rings. The van der Waals surface area contributed by atoms with Crippen LogP contribution in [0.3, 0.4) is 0 Å². The Morgan fingerprint density at radius 1 is 0.667 bits per heavy atom. The monoisotopic (exact) mass is 587 g/mol. The van der Waals surface area contributed by atoms with Gasteiger partial charge in [-0.05, 0) is 49.2 Å². The Labute approximate surface area is 160 Å². The summed E-state index contributed by atoms with van der Waals surface area (Å²) in [5.74, 6) is 0. The molecule has 1 radical (unpaired) electrons. The first-order chi connectivity index (χ1) is 8.79. The van der Waals surface area contributed by atoms with Gasteiger partial charge in [0.1, 0.15) is 0 Å². The van der Waals surface area contributed by atoms with E-state index in [0.717, 1.165) is 0 Å². The van der Waals surface area contributed by atoms with Crippen molar-refractivity contribution in [2.45, 2.75) is 13.8 Å². The van der Waals surface area contributed by atoms with Gasteiger partial charge in [-0.1, -0.05) is 0 Å². The van der Waals surface area contributed by atoms with Crippen molar-refractivity contribution in [1.29, 1.82) is 0 Å². The number of aryl methyl sites for hydroxylation is 2. The minimum absolute atomic E-state index is 0. The van der Waals surface area contributed by atoms with Crippen LogP contribution in [0, 0.1) is 27.1 Å². The fraction of sp³-hybridized carbons (Fsp3) is 0.143. The van der Waals surface area contributed by atoms with E-state index < -0.39 is 0 Å². The first-order valence-corrected chi connectivity index (χ1v) is 4.93. The van der Waals surface area contributed by atoms with Crippen LogP contribution in [0.1, 0.15) is 11.1 Å². The number of rotatable bonds is 0. The summed E-state index contributed by atoms with van der Waals surface area (Å²) in [4.78, 5) is 7.69. The van der Waals surface area contributed by atoms with Crippen molar-refractivity contribution in [3.8, 4) is 0 Å². The third kappa shape index (κ3) is 24.8. The molecule has 115 valence electrons. The molecular formula is C14H14Br2N2O2Re-2. The molecule has 0 saturated heterocycles. The van der Waals surface area contributed by atoms with Crippen LogP contribution in [-0.4, -0.2) is 9.97 Å². The average Bonchev–Trinajstić information content (AvgIpc) is 2.46. The normalized spacial score (nSPS) is 6.00. The van der Waals surface area contributed by atoms with Crippen molar-refractivity contribution < 1.29 is 63.7 Å². The quantitative estimate of drug-likeness (QED) is 0.240. The molecule has 0 saturated carbocycles. The minimum Gasteiger partial charge on any atom is 0 e. The Hall–Kier alpha value is -0.598. The molecule has 0 aliphatic rings. The molecule has 0 amide bonds. The van der Waals surface area contributed by atoms with Gasteiger partial charge in [-0.15, -0.1) is 0 Å². The maximum atomic E-state index is 7.50. The number of aromatic nitrogens is 2. The standard InChI is InChI=1S/2C6H7N.2CO.2BrH.Re/c2*1-6-2-4-7-5-3-6;2*1-2;;;/h2*2-5H,1H3;;;2*1H;/p-2. The van der Waals surface area contributed by atoms with E-state index in [-0.39, 0.29) is 54.4 Å². The molecule has 7 heteroatoms. The topological polar surface area (TPSA) is 65.6 Å². The number of hydrogen-bond donors (Lipinski definition) is 0. The zero-order chi connectivity index (χ0) is 14.2. The number of pyridine rings is 2. The molecule has 0 fully saturated rings.